The van der Waals surface area contributed by atoms with Gasteiger partial charge < -0.3 is 10.5 Å². The van der Waals surface area contributed by atoms with E-state index in [1.54, 1.807) is 12.4 Å². The van der Waals surface area contributed by atoms with Crippen molar-refractivity contribution in [3.63, 3.8) is 0 Å². The zero-order valence-electron chi connectivity index (χ0n) is 17.4. The molecule has 2 spiro atoms. The summed E-state index contributed by atoms with van der Waals surface area (Å²) in [4.78, 5) is 14.3. The number of aromatic nitrogens is 1. The van der Waals surface area contributed by atoms with Crippen molar-refractivity contribution in [2.45, 2.75) is 50.8 Å². The number of hydrogen-bond donors (Lipinski definition) is 1. The number of fused-ring (bicyclic) bond motifs is 3. The first-order valence-corrected chi connectivity index (χ1v) is 11.1. The highest BCUT2D eigenvalue weighted by molar-refractivity contribution is 6.30. The molecule has 30 heavy (non-hydrogen) atoms. The molecule has 1 saturated carbocycles. The van der Waals surface area contributed by atoms with Gasteiger partial charge in [-0.2, -0.15) is 0 Å². The minimum atomic E-state index is -0.638. The molecule has 1 fully saturated rings. The molecule has 0 radical (unpaired) electrons. The Morgan fingerprint density at radius 2 is 2.10 bits per heavy atom. The Balaban J connectivity index is 1.63. The summed E-state index contributed by atoms with van der Waals surface area (Å²) in [7, 11) is 1.83. The Bertz CT molecular complexity index is 1050. The Kier molecular flexibility index (Phi) is 4.71. The minimum absolute atomic E-state index is 0.0616. The molecule has 0 amide bonds. The van der Waals surface area contributed by atoms with Gasteiger partial charge in [0.15, 0.2) is 5.66 Å². The first kappa shape index (κ1) is 19.7. The van der Waals surface area contributed by atoms with E-state index in [9.17, 15) is 0 Å². The lowest BCUT2D eigenvalue weighted by Crippen LogP contribution is -2.47. The van der Waals surface area contributed by atoms with Crippen LogP contribution in [0.1, 0.15) is 43.7 Å². The third-order valence-corrected chi connectivity index (χ3v) is 7.59. The van der Waals surface area contributed by atoms with Crippen molar-refractivity contribution in [3.8, 4) is 11.1 Å². The average Bonchev–Trinajstić information content (AvgIpc) is 3.27. The number of amidine groups is 1. The number of benzene rings is 1. The maximum Gasteiger partial charge on any atom is 0.184 e. The lowest BCUT2D eigenvalue weighted by molar-refractivity contribution is -0.0451. The summed E-state index contributed by atoms with van der Waals surface area (Å²) >= 11 is 6.19. The van der Waals surface area contributed by atoms with Crippen LogP contribution in [0.2, 0.25) is 5.02 Å². The van der Waals surface area contributed by atoms with Gasteiger partial charge in [0.2, 0.25) is 0 Å². The second-order valence-corrected chi connectivity index (χ2v) is 9.31. The van der Waals surface area contributed by atoms with Gasteiger partial charge in [-0.1, -0.05) is 37.1 Å². The van der Waals surface area contributed by atoms with Crippen LogP contribution in [0.5, 0.6) is 0 Å². The molecule has 1 aliphatic heterocycles. The predicted molar refractivity (Wildman–Crippen MR) is 121 cm³/mol. The molecule has 4 atom stereocenters. The van der Waals surface area contributed by atoms with E-state index < -0.39 is 5.66 Å². The molecule has 1 aromatic carbocycles. The van der Waals surface area contributed by atoms with E-state index in [-0.39, 0.29) is 5.41 Å². The van der Waals surface area contributed by atoms with Crippen LogP contribution in [-0.2, 0) is 16.8 Å². The zero-order valence-corrected chi connectivity index (χ0v) is 18.2. The van der Waals surface area contributed by atoms with Gasteiger partial charge in [0.25, 0.3) is 0 Å². The average molecular weight is 423 g/mol. The van der Waals surface area contributed by atoms with Gasteiger partial charge in [-0.25, -0.2) is 4.99 Å². The Morgan fingerprint density at radius 3 is 2.80 bits per heavy atom. The third-order valence-electron chi connectivity index (χ3n) is 7.38. The second kappa shape index (κ2) is 7.17. The molecule has 5 rings (SSSR count). The molecule has 5 nitrogen and oxygen atoms in total. The standard InChI is InChI=1S/C24H27ClN4O/c1-3-15-10-23(7-6-21(15)30-2)11-17-5-4-16(18-8-19(25)13-27-12-18)9-20(17)24(23)28-14-22(26)29-24/h4-5,8-9,12-15,21H,3,6-7,10-11H2,1-2H3,(H2,26,29)/t15?,21-,23-,24?/m1/s1. The summed E-state index contributed by atoms with van der Waals surface area (Å²) in [6, 6.07) is 8.55. The van der Waals surface area contributed by atoms with Gasteiger partial charge in [0, 0.05) is 36.0 Å². The Hall–Kier alpha value is -2.24. The summed E-state index contributed by atoms with van der Waals surface area (Å²) in [6.45, 7) is 2.25. The lowest BCUT2D eigenvalue weighted by Gasteiger charge is -2.47. The van der Waals surface area contributed by atoms with Gasteiger partial charge in [0.05, 0.1) is 17.3 Å². The number of methoxy groups -OCH3 is 1. The highest BCUT2D eigenvalue weighted by Crippen LogP contribution is 2.62. The van der Waals surface area contributed by atoms with E-state index in [1.807, 2.05) is 19.4 Å². The van der Waals surface area contributed by atoms with E-state index in [4.69, 9.17) is 32.1 Å². The number of ether oxygens (including phenoxy) is 1. The molecule has 3 aliphatic rings. The highest BCUT2D eigenvalue weighted by atomic mass is 35.5. The molecule has 2 heterocycles. The number of aliphatic imine (C=N–C) groups is 2. The summed E-state index contributed by atoms with van der Waals surface area (Å²) in [5.74, 6) is 1.01. The number of rotatable bonds is 3. The molecule has 0 saturated heterocycles. The largest absolute Gasteiger partial charge is 0.383 e. The van der Waals surface area contributed by atoms with E-state index in [0.29, 0.717) is 22.9 Å². The smallest absolute Gasteiger partial charge is 0.184 e. The van der Waals surface area contributed by atoms with E-state index in [2.05, 4.69) is 30.1 Å². The fourth-order valence-corrected chi connectivity index (χ4v) is 6.13. The van der Waals surface area contributed by atoms with E-state index in [1.165, 1.54) is 11.1 Å². The molecule has 2 N–H and O–H groups in total. The van der Waals surface area contributed by atoms with Crippen molar-refractivity contribution >= 4 is 23.7 Å². The fraction of sp³-hybridized carbons (Fsp3) is 0.458. The number of nitrogens with two attached hydrogens (primary N) is 1. The highest BCUT2D eigenvalue weighted by Gasteiger charge is 2.61. The van der Waals surface area contributed by atoms with Crippen molar-refractivity contribution in [1.29, 1.82) is 0 Å². The zero-order chi connectivity index (χ0) is 20.9. The molecular weight excluding hydrogens is 396 g/mol. The Labute approximate surface area is 182 Å². The lowest BCUT2D eigenvalue weighted by atomic mass is 9.61. The fourth-order valence-electron chi connectivity index (χ4n) is 5.95. The van der Waals surface area contributed by atoms with Crippen molar-refractivity contribution in [2.24, 2.45) is 27.1 Å². The van der Waals surface area contributed by atoms with Gasteiger partial charge in [-0.15, -0.1) is 0 Å². The monoisotopic (exact) mass is 422 g/mol. The molecular formula is C24H27ClN4O. The second-order valence-electron chi connectivity index (χ2n) is 8.87. The van der Waals surface area contributed by atoms with Crippen LogP contribution in [0.3, 0.4) is 0 Å². The van der Waals surface area contributed by atoms with Crippen LogP contribution in [0, 0.1) is 11.3 Å². The first-order valence-electron chi connectivity index (χ1n) is 10.7. The summed E-state index contributed by atoms with van der Waals surface area (Å²) in [5.41, 5.74) is 10.0. The molecule has 6 heteroatoms. The Morgan fingerprint density at radius 1 is 1.23 bits per heavy atom. The number of nitrogens with zero attached hydrogens (tertiary/aromatic N) is 3. The van der Waals surface area contributed by atoms with Crippen LogP contribution >= 0.6 is 11.6 Å². The predicted octanol–water partition coefficient (Wildman–Crippen LogP) is 4.76. The van der Waals surface area contributed by atoms with Gasteiger partial charge in [-0.05, 0) is 54.9 Å². The third kappa shape index (κ3) is 2.83. The van der Waals surface area contributed by atoms with Crippen LogP contribution in [0.4, 0.5) is 0 Å². The molecule has 0 bridgehead atoms. The van der Waals surface area contributed by atoms with Gasteiger partial charge in [-0.3, -0.25) is 9.98 Å². The summed E-state index contributed by atoms with van der Waals surface area (Å²) in [5, 5.41) is 0.629. The number of halogens is 1. The van der Waals surface area contributed by atoms with E-state index >= 15 is 0 Å². The van der Waals surface area contributed by atoms with Crippen molar-refractivity contribution in [3.05, 3.63) is 52.8 Å². The topological polar surface area (TPSA) is 72.9 Å². The first-order chi connectivity index (χ1) is 14.5. The maximum atomic E-state index is 6.19. The molecule has 2 unspecified atom stereocenters. The maximum absolute atomic E-state index is 6.19. The van der Waals surface area contributed by atoms with Crippen molar-refractivity contribution in [1.82, 2.24) is 4.98 Å². The molecule has 156 valence electrons. The van der Waals surface area contributed by atoms with Crippen LogP contribution in [0.15, 0.2) is 46.6 Å². The molecule has 2 aliphatic carbocycles. The van der Waals surface area contributed by atoms with Crippen LogP contribution < -0.4 is 5.73 Å². The van der Waals surface area contributed by atoms with Crippen molar-refractivity contribution in [2.75, 3.05) is 7.11 Å². The number of pyridine rings is 1. The summed E-state index contributed by atoms with van der Waals surface area (Å²) in [6.07, 6.45) is 10.7. The van der Waals surface area contributed by atoms with E-state index in [0.717, 1.165) is 43.2 Å². The molecule has 1 aromatic heterocycles. The summed E-state index contributed by atoms with van der Waals surface area (Å²) < 4.78 is 5.82. The van der Waals surface area contributed by atoms with Gasteiger partial charge in [0.1, 0.15) is 5.84 Å². The normalized spacial score (nSPS) is 32.0. The van der Waals surface area contributed by atoms with Crippen LogP contribution in [0.25, 0.3) is 11.1 Å². The SMILES string of the molecule is CCC1C[C@]2(CC[C@H]1OC)Cc1ccc(-c3cncc(Cl)c3)cc1C21N=CC(N)=N1. The quantitative estimate of drug-likeness (QED) is 0.774. The van der Waals surface area contributed by atoms with Crippen molar-refractivity contribution < 1.29 is 4.74 Å². The molecule has 2 aromatic rings. The van der Waals surface area contributed by atoms with Gasteiger partial charge >= 0.3 is 0 Å². The minimum Gasteiger partial charge on any atom is -0.383 e. The number of hydrogen-bond acceptors (Lipinski definition) is 5. The van der Waals surface area contributed by atoms with Crippen LogP contribution in [-0.4, -0.2) is 30.2 Å².